The van der Waals surface area contributed by atoms with Gasteiger partial charge in [0.15, 0.2) is 11.8 Å². The van der Waals surface area contributed by atoms with Crippen molar-refractivity contribution < 1.29 is 0 Å². The molecule has 0 atom stereocenters. The number of nitrogens with one attached hydrogen (secondary N) is 2. The molecular weight excluding hydrogens is 465 g/mol. The lowest BCUT2D eigenvalue weighted by molar-refractivity contribution is 0.707. The number of anilines is 1. The topological polar surface area (TPSA) is 70.4 Å². The molecule has 7 nitrogen and oxygen atoms in total. The third kappa shape index (κ3) is 7.49. The molecule has 2 aromatic rings. The number of aliphatic imine (C=N–C) groups is 1. The lowest BCUT2D eigenvalue weighted by Gasteiger charge is -2.23. The number of aryl methyl sites for hydroxylation is 1. The molecule has 0 aliphatic heterocycles. The predicted molar refractivity (Wildman–Crippen MR) is 127 cm³/mol. The summed E-state index contributed by atoms with van der Waals surface area (Å²) in [5.41, 5.74) is 1.26. The van der Waals surface area contributed by atoms with Gasteiger partial charge in [0.1, 0.15) is 12.4 Å². The molecule has 1 heterocycles. The van der Waals surface area contributed by atoms with E-state index in [4.69, 9.17) is 0 Å². The first-order valence-electron chi connectivity index (χ1n) is 9.43. The molecule has 0 saturated heterocycles. The first-order valence-corrected chi connectivity index (χ1v) is 9.43. The van der Waals surface area contributed by atoms with Crippen LogP contribution >= 0.6 is 24.0 Å². The smallest absolute Gasteiger partial charge is 0.191 e. The average Bonchev–Trinajstić information content (AvgIpc) is 3.02. The lowest BCUT2D eigenvalue weighted by atomic mass is 10.2. The van der Waals surface area contributed by atoms with E-state index in [1.807, 2.05) is 30.7 Å². The highest BCUT2D eigenvalue weighted by molar-refractivity contribution is 14.0. The van der Waals surface area contributed by atoms with Crippen molar-refractivity contribution >= 4 is 35.6 Å². The zero-order chi connectivity index (χ0) is 19.5. The Kier molecular flexibility index (Phi) is 11.2. The van der Waals surface area contributed by atoms with Crippen molar-refractivity contribution in [1.82, 2.24) is 25.4 Å². The predicted octanol–water partition coefficient (Wildman–Crippen LogP) is 2.88. The second-order valence-electron chi connectivity index (χ2n) is 6.25. The Morgan fingerprint density at radius 3 is 2.61 bits per heavy atom. The summed E-state index contributed by atoms with van der Waals surface area (Å²) in [6.45, 7) is 11.8. The molecule has 0 amide bonds. The van der Waals surface area contributed by atoms with Crippen molar-refractivity contribution in [2.75, 3.05) is 31.1 Å². The molecule has 28 heavy (non-hydrogen) atoms. The molecule has 0 spiro atoms. The number of para-hydroxylation sites is 1. The van der Waals surface area contributed by atoms with Gasteiger partial charge in [-0.25, -0.2) is 4.99 Å². The second-order valence-corrected chi connectivity index (χ2v) is 6.25. The SMILES string of the molecule is C=CCNC(=NCc1nnc(C)n1C)NCCCN(CC)c1ccccc1.I. The maximum absolute atomic E-state index is 4.61. The van der Waals surface area contributed by atoms with E-state index in [0.29, 0.717) is 13.1 Å². The van der Waals surface area contributed by atoms with Gasteiger partial charge in [-0.15, -0.1) is 40.8 Å². The fourth-order valence-corrected chi connectivity index (χ4v) is 2.67. The molecule has 8 heteroatoms. The van der Waals surface area contributed by atoms with Crippen LogP contribution in [0.5, 0.6) is 0 Å². The normalized spacial score (nSPS) is 10.9. The largest absolute Gasteiger partial charge is 0.372 e. The van der Waals surface area contributed by atoms with Crippen LogP contribution in [0.25, 0.3) is 0 Å². The minimum absolute atomic E-state index is 0. The van der Waals surface area contributed by atoms with Crippen LogP contribution < -0.4 is 15.5 Å². The number of benzene rings is 1. The molecule has 0 saturated carbocycles. The van der Waals surface area contributed by atoms with Gasteiger partial charge in [0, 0.05) is 38.9 Å². The standard InChI is InChI=1S/C20H31N7.HI/c1-5-13-21-20(23-16-19-25-24-17(3)26(19)4)22-14-10-15-27(6-2)18-11-8-7-9-12-18;/h5,7-9,11-12H,1,6,10,13-16H2,2-4H3,(H2,21,22,23);1H. The molecule has 154 valence electrons. The third-order valence-electron chi connectivity index (χ3n) is 4.38. The summed E-state index contributed by atoms with van der Waals surface area (Å²) in [5.74, 6) is 2.49. The summed E-state index contributed by atoms with van der Waals surface area (Å²) in [4.78, 5) is 6.98. The first-order chi connectivity index (χ1) is 13.2. The Morgan fingerprint density at radius 2 is 2.00 bits per heavy atom. The van der Waals surface area contributed by atoms with Crippen LogP contribution in [0.3, 0.4) is 0 Å². The molecule has 2 N–H and O–H groups in total. The van der Waals surface area contributed by atoms with Crippen LogP contribution in [-0.4, -0.2) is 46.9 Å². The van der Waals surface area contributed by atoms with Crippen LogP contribution in [0.4, 0.5) is 5.69 Å². The average molecular weight is 497 g/mol. The fraction of sp³-hybridized carbons (Fsp3) is 0.450. The number of nitrogens with zero attached hydrogens (tertiary/aromatic N) is 5. The molecule has 1 aromatic heterocycles. The highest BCUT2D eigenvalue weighted by atomic mass is 127. The number of hydrogen-bond donors (Lipinski definition) is 2. The monoisotopic (exact) mass is 497 g/mol. The van der Waals surface area contributed by atoms with E-state index in [1.165, 1.54) is 5.69 Å². The van der Waals surface area contributed by atoms with Crippen molar-refractivity contribution in [2.24, 2.45) is 12.0 Å². The molecule has 0 radical (unpaired) electrons. The number of aromatic nitrogens is 3. The Balaban J connectivity index is 0.00000392. The quantitative estimate of drug-likeness (QED) is 0.174. The van der Waals surface area contributed by atoms with Crippen LogP contribution in [0, 0.1) is 6.92 Å². The van der Waals surface area contributed by atoms with E-state index in [9.17, 15) is 0 Å². The van der Waals surface area contributed by atoms with Gasteiger partial charge in [0.2, 0.25) is 0 Å². The van der Waals surface area contributed by atoms with E-state index in [0.717, 1.165) is 43.7 Å². The molecular formula is C20H32IN7. The Hall–Kier alpha value is -2.10. The Morgan fingerprint density at radius 1 is 1.25 bits per heavy atom. The number of hydrogen-bond acceptors (Lipinski definition) is 4. The molecule has 0 bridgehead atoms. The number of halogens is 1. The maximum atomic E-state index is 4.61. The lowest BCUT2D eigenvalue weighted by Crippen LogP contribution is -2.39. The van der Waals surface area contributed by atoms with Crippen molar-refractivity contribution in [3.8, 4) is 0 Å². The van der Waals surface area contributed by atoms with Gasteiger partial charge in [-0.3, -0.25) is 0 Å². The van der Waals surface area contributed by atoms with E-state index in [2.05, 4.69) is 68.5 Å². The van der Waals surface area contributed by atoms with Crippen LogP contribution in [0.15, 0.2) is 48.0 Å². The molecule has 0 fully saturated rings. The van der Waals surface area contributed by atoms with E-state index >= 15 is 0 Å². The minimum Gasteiger partial charge on any atom is -0.372 e. The van der Waals surface area contributed by atoms with Crippen molar-refractivity contribution in [3.63, 3.8) is 0 Å². The third-order valence-corrected chi connectivity index (χ3v) is 4.38. The van der Waals surface area contributed by atoms with Crippen molar-refractivity contribution in [2.45, 2.75) is 26.8 Å². The van der Waals surface area contributed by atoms with Gasteiger partial charge in [-0.05, 0) is 32.4 Å². The molecule has 0 aliphatic carbocycles. The summed E-state index contributed by atoms with van der Waals surface area (Å²) >= 11 is 0. The molecule has 1 aromatic carbocycles. The molecule has 2 rings (SSSR count). The fourth-order valence-electron chi connectivity index (χ4n) is 2.67. The summed E-state index contributed by atoms with van der Waals surface area (Å²) in [7, 11) is 1.95. The second kappa shape index (κ2) is 13.1. The summed E-state index contributed by atoms with van der Waals surface area (Å²) < 4.78 is 1.95. The van der Waals surface area contributed by atoms with Gasteiger partial charge in [0.25, 0.3) is 0 Å². The zero-order valence-electron chi connectivity index (χ0n) is 17.1. The van der Waals surface area contributed by atoms with E-state index in [1.54, 1.807) is 0 Å². The first kappa shape index (κ1) is 23.9. The van der Waals surface area contributed by atoms with Crippen molar-refractivity contribution in [1.29, 1.82) is 0 Å². The Labute approximate surface area is 185 Å². The highest BCUT2D eigenvalue weighted by Crippen LogP contribution is 2.12. The Bertz CT molecular complexity index is 727. The zero-order valence-corrected chi connectivity index (χ0v) is 19.4. The highest BCUT2D eigenvalue weighted by Gasteiger charge is 2.06. The van der Waals surface area contributed by atoms with Gasteiger partial charge < -0.3 is 20.1 Å². The summed E-state index contributed by atoms with van der Waals surface area (Å²) in [5, 5.41) is 14.9. The summed E-state index contributed by atoms with van der Waals surface area (Å²) in [6, 6.07) is 10.5. The number of guanidine groups is 1. The number of rotatable bonds is 10. The minimum atomic E-state index is 0. The van der Waals surface area contributed by atoms with Crippen molar-refractivity contribution in [3.05, 3.63) is 54.6 Å². The summed E-state index contributed by atoms with van der Waals surface area (Å²) in [6.07, 6.45) is 2.83. The van der Waals surface area contributed by atoms with Crippen LogP contribution in [-0.2, 0) is 13.6 Å². The van der Waals surface area contributed by atoms with E-state index < -0.39 is 0 Å². The molecule has 0 aliphatic rings. The van der Waals surface area contributed by atoms with Gasteiger partial charge in [-0.1, -0.05) is 24.3 Å². The van der Waals surface area contributed by atoms with Crippen LogP contribution in [0.1, 0.15) is 25.0 Å². The maximum Gasteiger partial charge on any atom is 0.191 e. The van der Waals surface area contributed by atoms with E-state index in [-0.39, 0.29) is 24.0 Å². The van der Waals surface area contributed by atoms with Crippen LogP contribution in [0.2, 0.25) is 0 Å². The van der Waals surface area contributed by atoms with Gasteiger partial charge in [0.05, 0.1) is 0 Å². The van der Waals surface area contributed by atoms with Gasteiger partial charge >= 0.3 is 0 Å². The molecule has 0 unspecified atom stereocenters. The van der Waals surface area contributed by atoms with Gasteiger partial charge in [-0.2, -0.15) is 0 Å².